The van der Waals surface area contributed by atoms with E-state index < -0.39 is 19.8 Å². The Labute approximate surface area is 167 Å². The van der Waals surface area contributed by atoms with Crippen molar-refractivity contribution < 1.29 is 9.53 Å². The van der Waals surface area contributed by atoms with Crippen molar-refractivity contribution in [2.24, 2.45) is 4.99 Å². The van der Waals surface area contributed by atoms with Crippen LogP contribution in [0.4, 0.5) is 10.5 Å². The maximum Gasteiger partial charge on any atom is 0.412 e. The van der Waals surface area contributed by atoms with Gasteiger partial charge in [-0.2, -0.15) is 0 Å². The van der Waals surface area contributed by atoms with Gasteiger partial charge in [-0.1, -0.05) is 43.9 Å². The van der Waals surface area contributed by atoms with Gasteiger partial charge in [0, 0.05) is 17.1 Å². The third-order valence-electron chi connectivity index (χ3n) is 3.65. The lowest BCUT2D eigenvalue weighted by Gasteiger charge is -2.20. The topological polar surface area (TPSA) is 50.7 Å². The average molecular weight is 403 g/mol. The number of anilines is 1. The molecule has 0 aliphatic carbocycles. The molecule has 0 spiro atoms. The number of benzene rings is 2. The molecule has 0 fully saturated rings. The number of ether oxygens (including phenoxy) is 1. The van der Waals surface area contributed by atoms with E-state index in [0.29, 0.717) is 0 Å². The molecule has 1 amide bonds. The number of thioether (sulfide) groups is 1. The standard InChI is InChI=1S/C21H30N2O2SSi/c1-21(2,3)25-20(24)23-18-10-8-9-15-13-16(11-12-17(15)18)19(26-4)22-14-27(5,6)7/h8-13H,14H2,1-7H3,(H,23,24). The summed E-state index contributed by atoms with van der Waals surface area (Å²) in [7, 11) is -1.23. The minimum atomic E-state index is -1.23. The highest BCUT2D eigenvalue weighted by Crippen LogP contribution is 2.26. The molecule has 1 N–H and O–H groups in total. The van der Waals surface area contributed by atoms with Crippen LogP contribution in [0.3, 0.4) is 0 Å². The SMILES string of the molecule is CSC(=NC[Si](C)(C)C)c1ccc2c(NC(=O)OC(C)(C)C)cccc2c1. The molecule has 0 saturated heterocycles. The summed E-state index contributed by atoms with van der Waals surface area (Å²) in [5, 5.41) is 5.97. The first kappa shape index (κ1) is 21.5. The van der Waals surface area contributed by atoms with Gasteiger partial charge in [0.25, 0.3) is 0 Å². The number of aliphatic imine (C=N–C) groups is 1. The van der Waals surface area contributed by atoms with E-state index in [1.54, 1.807) is 11.8 Å². The molecular weight excluding hydrogens is 372 g/mol. The van der Waals surface area contributed by atoms with Gasteiger partial charge < -0.3 is 4.74 Å². The molecule has 0 bridgehead atoms. The summed E-state index contributed by atoms with van der Waals surface area (Å²) in [5.41, 5.74) is 1.34. The van der Waals surface area contributed by atoms with Crippen molar-refractivity contribution in [1.82, 2.24) is 0 Å². The number of rotatable bonds is 4. The maximum absolute atomic E-state index is 12.1. The third kappa shape index (κ3) is 6.70. The van der Waals surface area contributed by atoms with Crippen molar-refractivity contribution in [3.8, 4) is 0 Å². The van der Waals surface area contributed by atoms with E-state index in [0.717, 1.165) is 33.2 Å². The van der Waals surface area contributed by atoms with Crippen molar-refractivity contribution in [3.05, 3.63) is 42.0 Å². The van der Waals surface area contributed by atoms with Gasteiger partial charge in [-0.15, -0.1) is 11.8 Å². The number of carbonyl (C=O) groups excluding carboxylic acids is 1. The molecule has 0 aliphatic rings. The fraction of sp³-hybridized carbons (Fsp3) is 0.429. The third-order valence-corrected chi connectivity index (χ3v) is 5.51. The van der Waals surface area contributed by atoms with Crippen molar-refractivity contribution in [2.45, 2.75) is 46.0 Å². The monoisotopic (exact) mass is 402 g/mol. The molecule has 2 aromatic rings. The molecule has 0 unspecified atom stereocenters. The molecule has 0 atom stereocenters. The van der Waals surface area contributed by atoms with E-state index in [2.05, 4.69) is 49.4 Å². The van der Waals surface area contributed by atoms with Crippen LogP contribution in [0, 0.1) is 0 Å². The Morgan fingerprint density at radius 1 is 1.19 bits per heavy atom. The predicted octanol–water partition coefficient (Wildman–Crippen LogP) is 6.17. The first-order valence-electron chi connectivity index (χ1n) is 9.10. The Morgan fingerprint density at radius 3 is 2.48 bits per heavy atom. The van der Waals surface area contributed by atoms with E-state index in [1.165, 1.54) is 0 Å². The highest BCUT2D eigenvalue weighted by Gasteiger charge is 2.17. The van der Waals surface area contributed by atoms with Crippen molar-refractivity contribution in [2.75, 3.05) is 17.7 Å². The predicted molar refractivity (Wildman–Crippen MR) is 122 cm³/mol. The fourth-order valence-corrected chi connectivity index (χ4v) is 3.83. The second kappa shape index (κ2) is 8.48. The number of fused-ring (bicyclic) bond motifs is 1. The Morgan fingerprint density at radius 2 is 1.89 bits per heavy atom. The van der Waals surface area contributed by atoms with E-state index in [9.17, 15) is 4.79 Å². The number of hydrogen-bond acceptors (Lipinski definition) is 4. The van der Waals surface area contributed by atoms with Crippen LogP contribution in [-0.2, 0) is 4.74 Å². The summed E-state index contributed by atoms with van der Waals surface area (Å²) in [6.07, 6.45) is 2.54. The summed E-state index contributed by atoms with van der Waals surface area (Å²) in [6, 6.07) is 12.1. The van der Waals surface area contributed by atoms with E-state index >= 15 is 0 Å². The van der Waals surface area contributed by atoms with Crippen LogP contribution in [0.2, 0.25) is 19.6 Å². The molecule has 146 valence electrons. The van der Waals surface area contributed by atoms with Crippen LogP contribution in [0.5, 0.6) is 0 Å². The Hall–Kier alpha value is -1.79. The summed E-state index contributed by atoms with van der Waals surface area (Å²) in [5.74, 6) is 0. The summed E-state index contributed by atoms with van der Waals surface area (Å²) in [6.45, 7) is 12.5. The fourth-order valence-electron chi connectivity index (χ4n) is 2.52. The highest BCUT2D eigenvalue weighted by atomic mass is 32.2. The van der Waals surface area contributed by atoms with E-state index in [4.69, 9.17) is 9.73 Å². The number of nitrogens with zero attached hydrogens (tertiary/aromatic N) is 1. The van der Waals surface area contributed by atoms with Crippen molar-refractivity contribution >= 4 is 47.4 Å². The van der Waals surface area contributed by atoms with Crippen LogP contribution >= 0.6 is 11.8 Å². The zero-order valence-corrected chi connectivity index (χ0v) is 19.2. The molecule has 27 heavy (non-hydrogen) atoms. The quantitative estimate of drug-likeness (QED) is 0.378. The molecule has 0 radical (unpaired) electrons. The van der Waals surface area contributed by atoms with Crippen LogP contribution < -0.4 is 5.32 Å². The Balaban J connectivity index is 2.32. The minimum absolute atomic E-state index is 0.444. The minimum Gasteiger partial charge on any atom is -0.444 e. The largest absolute Gasteiger partial charge is 0.444 e. The van der Waals surface area contributed by atoms with Crippen LogP contribution in [0.25, 0.3) is 10.8 Å². The molecule has 0 aromatic heterocycles. The number of nitrogens with one attached hydrogen (secondary N) is 1. The summed E-state index contributed by atoms with van der Waals surface area (Å²) in [4.78, 5) is 17.0. The highest BCUT2D eigenvalue weighted by molar-refractivity contribution is 8.13. The summed E-state index contributed by atoms with van der Waals surface area (Å²) >= 11 is 1.68. The van der Waals surface area contributed by atoms with Gasteiger partial charge in [-0.05, 0) is 44.5 Å². The molecule has 2 rings (SSSR count). The van der Waals surface area contributed by atoms with Gasteiger partial charge in [0.1, 0.15) is 5.60 Å². The molecule has 6 heteroatoms. The van der Waals surface area contributed by atoms with Crippen molar-refractivity contribution in [3.63, 3.8) is 0 Å². The lowest BCUT2D eigenvalue weighted by Crippen LogP contribution is -2.27. The number of amides is 1. The maximum atomic E-state index is 12.1. The van der Waals surface area contributed by atoms with Gasteiger partial charge in [0.15, 0.2) is 0 Å². The molecule has 4 nitrogen and oxygen atoms in total. The van der Waals surface area contributed by atoms with Crippen LogP contribution in [0.1, 0.15) is 26.3 Å². The van der Waals surface area contributed by atoms with Gasteiger partial charge in [0.05, 0.1) is 18.8 Å². The first-order valence-corrected chi connectivity index (χ1v) is 14.0. The van der Waals surface area contributed by atoms with Crippen molar-refractivity contribution in [1.29, 1.82) is 0 Å². The smallest absolute Gasteiger partial charge is 0.412 e. The second-order valence-corrected chi connectivity index (χ2v) is 15.0. The average Bonchev–Trinajstić information content (AvgIpc) is 2.52. The Kier molecular flexibility index (Phi) is 6.76. The Bertz CT molecular complexity index is 851. The zero-order chi connectivity index (χ0) is 20.2. The number of hydrogen-bond donors (Lipinski definition) is 1. The lowest BCUT2D eigenvalue weighted by molar-refractivity contribution is 0.0636. The number of carbonyl (C=O) groups is 1. The van der Waals surface area contributed by atoms with E-state index in [1.807, 2.05) is 39.0 Å². The van der Waals surface area contributed by atoms with Gasteiger partial charge in [0.2, 0.25) is 0 Å². The zero-order valence-electron chi connectivity index (χ0n) is 17.3. The second-order valence-electron chi connectivity index (χ2n) is 8.75. The lowest BCUT2D eigenvalue weighted by atomic mass is 10.1. The van der Waals surface area contributed by atoms with Crippen LogP contribution in [0.15, 0.2) is 41.4 Å². The van der Waals surface area contributed by atoms with Gasteiger partial charge in [-0.3, -0.25) is 10.3 Å². The molecule has 0 aliphatic heterocycles. The van der Waals surface area contributed by atoms with Crippen LogP contribution in [-0.4, -0.2) is 37.2 Å². The van der Waals surface area contributed by atoms with E-state index in [-0.39, 0.29) is 0 Å². The molecular formula is C21H30N2O2SSi. The summed E-state index contributed by atoms with van der Waals surface area (Å²) < 4.78 is 5.37. The first-order chi connectivity index (χ1) is 12.5. The normalized spacial score (nSPS) is 12.9. The molecule has 0 saturated carbocycles. The molecule has 0 heterocycles. The molecule has 2 aromatic carbocycles. The van der Waals surface area contributed by atoms with Gasteiger partial charge in [-0.25, -0.2) is 4.79 Å². The van der Waals surface area contributed by atoms with Gasteiger partial charge >= 0.3 is 6.09 Å².